The maximum Gasteiger partial charge on any atom is 0.254 e. The standard InChI is InChI=1S/C29H31FN2O3/c1-20-7-5-9-22(17-20)26-14-13-24(19-32(26)29(34)23-10-6-11-25(30)18-23)28(33)31-16-15-21-8-3-4-12-27(21)35-2/h3-12,17-18,24,26H,13-16,19H2,1-2H3,(H,31,33). The molecule has 1 N–H and O–H groups in total. The molecular weight excluding hydrogens is 443 g/mol. The molecule has 0 aliphatic carbocycles. The van der Waals surface area contributed by atoms with Crippen molar-refractivity contribution in [2.45, 2.75) is 32.2 Å². The number of benzene rings is 3. The molecule has 1 fully saturated rings. The second-order valence-corrected chi connectivity index (χ2v) is 9.02. The fourth-order valence-electron chi connectivity index (χ4n) is 4.79. The summed E-state index contributed by atoms with van der Waals surface area (Å²) < 4.78 is 19.3. The normalized spacial score (nSPS) is 17.6. The largest absolute Gasteiger partial charge is 0.496 e. The average Bonchev–Trinajstić information content (AvgIpc) is 2.88. The van der Waals surface area contributed by atoms with Crippen LogP contribution in [0.4, 0.5) is 4.39 Å². The Bertz CT molecular complexity index is 1200. The highest BCUT2D eigenvalue weighted by molar-refractivity contribution is 5.95. The quantitative estimate of drug-likeness (QED) is 0.519. The van der Waals surface area contributed by atoms with E-state index in [1.807, 2.05) is 49.4 Å². The van der Waals surface area contributed by atoms with Crippen molar-refractivity contribution < 1.29 is 18.7 Å². The number of ether oxygens (including phenoxy) is 1. The minimum absolute atomic E-state index is 0.0698. The first-order valence-corrected chi connectivity index (χ1v) is 12.0. The van der Waals surface area contributed by atoms with E-state index in [2.05, 4.69) is 11.4 Å². The van der Waals surface area contributed by atoms with Crippen molar-refractivity contribution in [2.75, 3.05) is 20.2 Å². The van der Waals surface area contributed by atoms with Gasteiger partial charge in [-0.05, 0) is 61.6 Å². The van der Waals surface area contributed by atoms with Crippen LogP contribution in [0.15, 0.2) is 72.8 Å². The summed E-state index contributed by atoms with van der Waals surface area (Å²) in [5, 5.41) is 3.03. The summed E-state index contributed by atoms with van der Waals surface area (Å²) in [7, 11) is 1.63. The van der Waals surface area contributed by atoms with Crippen molar-refractivity contribution in [3.05, 3.63) is 101 Å². The van der Waals surface area contributed by atoms with Crippen LogP contribution in [-0.4, -0.2) is 36.9 Å². The van der Waals surface area contributed by atoms with Gasteiger partial charge in [0.1, 0.15) is 11.6 Å². The van der Waals surface area contributed by atoms with Gasteiger partial charge in [0.05, 0.1) is 19.1 Å². The second kappa shape index (κ2) is 11.2. The van der Waals surface area contributed by atoms with Gasteiger partial charge in [0.2, 0.25) is 5.91 Å². The van der Waals surface area contributed by atoms with Crippen LogP contribution in [0.3, 0.4) is 0 Å². The van der Waals surface area contributed by atoms with Crippen LogP contribution >= 0.6 is 0 Å². The molecule has 1 aliphatic heterocycles. The van der Waals surface area contributed by atoms with E-state index in [1.165, 1.54) is 18.2 Å². The number of halogens is 1. The van der Waals surface area contributed by atoms with Crippen LogP contribution in [0.25, 0.3) is 0 Å². The zero-order valence-corrected chi connectivity index (χ0v) is 20.2. The first-order valence-electron chi connectivity index (χ1n) is 12.0. The third-order valence-electron chi connectivity index (χ3n) is 6.60. The molecule has 1 aliphatic rings. The van der Waals surface area contributed by atoms with Crippen LogP contribution in [-0.2, 0) is 11.2 Å². The minimum atomic E-state index is -0.453. The topological polar surface area (TPSA) is 58.6 Å². The molecule has 3 aromatic rings. The van der Waals surface area contributed by atoms with Crippen molar-refractivity contribution in [2.24, 2.45) is 5.92 Å². The molecule has 5 nitrogen and oxygen atoms in total. The number of para-hydroxylation sites is 1. The highest BCUT2D eigenvalue weighted by Gasteiger charge is 2.36. The van der Waals surface area contributed by atoms with Crippen LogP contribution in [0, 0.1) is 18.7 Å². The predicted molar refractivity (Wildman–Crippen MR) is 134 cm³/mol. The molecule has 4 rings (SSSR count). The Balaban J connectivity index is 1.48. The predicted octanol–water partition coefficient (Wildman–Crippen LogP) is 5.10. The monoisotopic (exact) mass is 474 g/mol. The molecule has 0 aromatic heterocycles. The minimum Gasteiger partial charge on any atom is -0.496 e. The fraction of sp³-hybridized carbons (Fsp3) is 0.310. The van der Waals surface area contributed by atoms with Crippen LogP contribution in [0.5, 0.6) is 5.75 Å². The van der Waals surface area contributed by atoms with Crippen molar-refractivity contribution in [1.29, 1.82) is 0 Å². The van der Waals surface area contributed by atoms with Gasteiger partial charge >= 0.3 is 0 Å². The summed E-state index contributed by atoms with van der Waals surface area (Å²) in [6.45, 7) is 2.78. The lowest BCUT2D eigenvalue weighted by Crippen LogP contribution is -2.47. The second-order valence-electron chi connectivity index (χ2n) is 9.02. The number of hydrogen-bond acceptors (Lipinski definition) is 3. The Morgan fingerprint density at radius 2 is 1.83 bits per heavy atom. The van der Waals surface area contributed by atoms with Gasteiger partial charge in [0, 0.05) is 18.7 Å². The first-order chi connectivity index (χ1) is 17.0. The molecule has 2 atom stereocenters. The number of piperidine rings is 1. The number of likely N-dealkylation sites (tertiary alicyclic amines) is 1. The Morgan fingerprint density at radius 1 is 1.03 bits per heavy atom. The molecule has 3 aromatic carbocycles. The lowest BCUT2D eigenvalue weighted by Gasteiger charge is -2.39. The van der Waals surface area contributed by atoms with Crippen molar-refractivity contribution in [1.82, 2.24) is 10.2 Å². The van der Waals surface area contributed by atoms with Crippen molar-refractivity contribution in [3.63, 3.8) is 0 Å². The molecule has 0 radical (unpaired) electrons. The van der Waals surface area contributed by atoms with Crippen LogP contribution in [0.2, 0.25) is 0 Å². The van der Waals surface area contributed by atoms with E-state index in [0.29, 0.717) is 31.4 Å². The van der Waals surface area contributed by atoms with E-state index in [0.717, 1.165) is 22.4 Å². The molecule has 0 saturated carbocycles. The van der Waals surface area contributed by atoms with E-state index >= 15 is 0 Å². The molecule has 1 saturated heterocycles. The average molecular weight is 475 g/mol. The lowest BCUT2D eigenvalue weighted by atomic mass is 9.87. The molecule has 182 valence electrons. The van der Waals surface area contributed by atoms with Gasteiger partial charge in [0.15, 0.2) is 0 Å². The summed E-state index contributed by atoms with van der Waals surface area (Å²) in [5.41, 5.74) is 3.46. The third kappa shape index (κ3) is 5.88. The fourth-order valence-corrected chi connectivity index (χ4v) is 4.79. The summed E-state index contributed by atoms with van der Waals surface area (Å²) in [6, 6.07) is 21.4. The van der Waals surface area contributed by atoms with Gasteiger partial charge in [-0.2, -0.15) is 0 Å². The van der Waals surface area contributed by atoms with Gasteiger partial charge < -0.3 is 15.0 Å². The van der Waals surface area contributed by atoms with E-state index in [9.17, 15) is 14.0 Å². The molecular formula is C29H31FN2O3. The Labute approximate surface area is 205 Å². The number of nitrogens with zero attached hydrogens (tertiary/aromatic N) is 1. The zero-order chi connectivity index (χ0) is 24.8. The number of amides is 2. The van der Waals surface area contributed by atoms with E-state index in [4.69, 9.17) is 4.74 Å². The molecule has 35 heavy (non-hydrogen) atoms. The Morgan fingerprint density at radius 3 is 2.60 bits per heavy atom. The highest BCUT2D eigenvalue weighted by atomic mass is 19.1. The number of carbonyl (C=O) groups excluding carboxylic acids is 2. The number of aryl methyl sites for hydroxylation is 1. The maximum absolute atomic E-state index is 13.9. The molecule has 2 unspecified atom stereocenters. The summed E-state index contributed by atoms with van der Waals surface area (Å²) in [5.74, 6) is -0.314. The van der Waals surface area contributed by atoms with E-state index in [-0.39, 0.29) is 30.3 Å². The molecule has 0 bridgehead atoms. The first kappa shape index (κ1) is 24.5. The third-order valence-corrected chi connectivity index (χ3v) is 6.60. The number of hydrogen-bond donors (Lipinski definition) is 1. The number of nitrogens with one attached hydrogen (secondary N) is 1. The van der Waals surface area contributed by atoms with Crippen LogP contribution in [0.1, 0.15) is 45.9 Å². The Hall–Kier alpha value is -3.67. The molecule has 0 spiro atoms. The SMILES string of the molecule is COc1ccccc1CCNC(=O)C1CCC(c2cccc(C)c2)N(C(=O)c2cccc(F)c2)C1. The smallest absolute Gasteiger partial charge is 0.254 e. The number of carbonyl (C=O) groups is 2. The molecule has 6 heteroatoms. The summed E-state index contributed by atoms with van der Waals surface area (Å²) >= 11 is 0. The maximum atomic E-state index is 13.9. The van der Waals surface area contributed by atoms with Crippen molar-refractivity contribution >= 4 is 11.8 Å². The van der Waals surface area contributed by atoms with Crippen molar-refractivity contribution in [3.8, 4) is 5.75 Å². The summed E-state index contributed by atoms with van der Waals surface area (Å²) in [4.78, 5) is 28.3. The van der Waals surface area contributed by atoms with Gasteiger partial charge in [-0.15, -0.1) is 0 Å². The van der Waals surface area contributed by atoms with Crippen LogP contribution < -0.4 is 10.1 Å². The van der Waals surface area contributed by atoms with Gasteiger partial charge in [-0.3, -0.25) is 9.59 Å². The van der Waals surface area contributed by atoms with Gasteiger partial charge in [-0.25, -0.2) is 4.39 Å². The molecule has 2 amide bonds. The van der Waals surface area contributed by atoms with E-state index < -0.39 is 5.82 Å². The summed E-state index contributed by atoms with van der Waals surface area (Å²) in [6.07, 6.45) is 1.99. The highest BCUT2D eigenvalue weighted by Crippen LogP contribution is 2.35. The Kier molecular flexibility index (Phi) is 7.80. The van der Waals surface area contributed by atoms with Gasteiger partial charge in [-0.1, -0.05) is 54.1 Å². The van der Waals surface area contributed by atoms with Gasteiger partial charge in [0.25, 0.3) is 5.91 Å². The zero-order valence-electron chi connectivity index (χ0n) is 20.2. The lowest BCUT2D eigenvalue weighted by molar-refractivity contribution is -0.126. The molecule has 1 heterocycles. The number of rotatable bonds is 7. The van der Waals surface area contributed by atoms with E-state index in [1.54, 1.807) is 18.1 Å². The number of methoxy groups -OCH3 is 1.